The monoisotopic (exact) mass is 196 g/mol. The molecular formula is C10H16N2S. The van der Waals surface area contributed by atoms with Gasteiger partial charge in [-0.2, -0.15) is 0 Å². The van der Waals surface area contributed by atoms with Gasteiger partial charge in [-0.25, -0.2) is 4.98 Å². The molecular weight excluding hydrogens is 180 g/mol. The van der Waals surface area contributed by atoms with Gasteiger partial charge >= 0.3 is 0 Å². The van der Waals surface area contributed by atoms with Gasteiger partial charge in [0.25, 0.3) is 0 Å². The van der Waals surface area contributed by atoms with E-state index < -0.39 is 0 Å². The van der Waals surface area contributed by atoms with Gasteiger partial charge < -0.3 is 4.57 Å². The lowest BCUT2D eigenvalue weighted by atomic mass is 9.72. The van der Waals surface area contributed by atoms with Crippen LogP contribution in [-0.2, 0) is 7.05 Å². The molecule has 1 saturated carbocycles. The third kappa shape index (κ3) is 1.90. The molecule has 0 unspecified atom stereocenters. The van der Waals surface area contributed by atoms with Gasteiger partial charge in [-0.15, -0.1) is 0 Å². The average Bonchev–Trinajstić information content (AvgIpc) is 2.44. The number of imidazole rings is 1. The van der Waals surface area contributed by atoms with Crippen molar-refractivity contribution in [3.8, 4) is 0 Å². The van der Waals surface area contributed by atoms with E-state index in [0.29, 0.717) is 5.41 Å². The third-order valence-corrected chi connectivity index (χ3v) is 4.38. The molecule has 2 nitrogen and oxygen atoms in total. The van der Waals surface area contributed by atoms with Gasteiger partial charge in [-0.3, -0.25) is 0 Å². The number of rotatable bonds is 3. The third-order valence-electron chi connectivity index (χ3n) is 2.89. The Kier molecular flexibility index (Phi) is 2.37. The van der Waals surface area contributed by atoms with Gasteiger partial charge in [-0.05, 0) is 18.3 Å². The van der Waals surface area contributed by atoms with Crippen molar-refractivity contribution in [2.75, 3.05) is 5.75 Å². The molecule has 1 heterocycles. The van der Waals surface area contributed by atoms with Crippen molar-refractivity contribution in [2.24, 2.45) is 12.5 Å². The number of aromatic nitrogens is 2. The van der Waals surface area contributed by atoms with Crippen LogP contribution in [0.25, 0.3) is 0 Å². The molecule has 0 N–H and O–H groups in total. The zero-order valence-corrected chi connectivity index (χ0v) is 9.10. The second-order valence-electron chi connectivity index (χ2n) is 4.27. The molecule has 0 aromatic carbocycles. The topological polar surface area (TPSA) is 17.8 Å². The fourth-order valence-electron chi connectivity index (χ4n) is 1.65. The van der Waals surface area contributed by atoms with Gasteiger partial charge in [0.2, 0.25) is 0 Å². The van der Waals surface area contributed by atoms with E-state index in [0.717, 1.165) is 5.16 Å². The van der Waals surface area contributed by atoms with Crippen LogP contribution in [0.5, 0.6) is 0 Å². The van der Waals surface area contributed by atoms with E-state index in [-0.39, 0.29) is 0 Å². The molecule has 13 heavy (non-hydrogen) atoms. The molecule has 0 saturated heterocycles. The minimum absolute atomic E-state index is 0.594. The van der Waals surface area contributed by atoms with Crippen molar-refractivity contribution in [2.45, 2.75) is 31.3 Å². The molecule has 0 spiro atoms. The predicted molar refractivity (Wildman–Crippen MR) is 55.9 cm³/mol. The van der Waals surface area contributed by atoms with Crippen LogP contribution >= 0.6 is 11.8 Å². The summed E-state index contributed by atoms with van der Waals surface area (Å²) in [5, 5.41) is 1.15. The lowest BCUT2D eigenvalue weighted by Crippen LogP contribution is -2.28. The number of hydrogen-bond donors (Lipinski definition) is 0. The Labute approximate surface area is 83.7 Å². The van der Waals surface area contributed by atoms with E-state index in [2.05, 4.69) is 23.5 Å². The first-order valence-electron chi connectivity index (χ1n) is 4.80. The van der Waals surface area contributed by atoms with Crippen molar-refractivity contribution in [3.63, 3.8) is 0 Å². The molecule has 1 fully saturated rings. The standard InChI is InChI=1S/C10H16N2S/c1-10(4-3-5-10)8-13-9-11-6-7-12(9)2/h6-7H,3-5,8H2,1-2H3. The van der Waals surface area contributed by atoms with E-state index in [4.69, 9.17) is 0 Å². The molecule has 1 aromatic rings. The second-order valence-corrected chi connectivity index (χ2v) is 5.22. The quantitative estimate of drug-likeness (QED) is 0.692. The summed E-state index contributed by atoms with van der Waals surface area (Å²) in [5.41, 5.74) is 0.594. The molecule has 0 aliphatic heterocycles. The second kappa shape index (κ2) is 3.37. The van der Waals surface area contributed by atoms with Crippen LogP contribution in [0.4, 0.5) is 0 Å². The van der Waals surface area contributed by atoms with Gasteiger partial charge in [0.15, 0.2) is 5.16 Å². The Hall–Kier alpha value is -0.440. The normalized spacial score (nSPS) is 19.8. The van der Waals surface area contributed by atoms with Crippen molar-refractivity contribution < 1.29 is 0 Å². The van der Waals surface area contributed by atoms with Gasteiger partial charge in [0.05, 0.1) is 0 Å². The van der Waals surface area contributed by atoms with Crippen LogP contribution in [0, 0.1) is 5.41 Å². The zero-order chi connectivity index (χ0) is 9.31. The van der Waals surface area contributed by atoms with Gasteiger partial charge in [0.1, 0.15) is 0 Å². The van der Waals surface area contributed by atoms with Crippen LogP contribution in [-0.4, -0.2) is 15.3 Å². The first-order valence-corrected chi connectivity index (χ1v) is 5.78. The van der Waals surface area contributed by atoms with Crippen molar-refractivity contribution in [1.82, 2.24) is 9.55 Å². The number of nitrogens with zero attached hydrogens (tertiary/aromatic N) is 2. The summed E-state index contributed by atoms with van der Waals surface area (Å²) in [6, 6.07) is 0. The molecule has 1 aliphatic carbocycles. The SMILES string of the molecule is Cn1ccnc1SCC1(C)CCC1. The highest BCUT2D eigenvalue weighted by Crippen LogP contribution is 2.43. The maximum atomic E-state index is 4.30. The smallest absolute Gasteiger partial charge is 0.167 e. The van der Waals surface area contributed by atoms with E-state index >= 15 is 0 Å². The van der Waals surface area contributed by atoms with E-state index in [1.54, 1.807) is 0 Å². The van der Waals surface area contributed by atoms with Gasteiger partial charge in [-0.1, -0.05) is 25.1 Å². The summed E-state index contributed by atoms with van der Waals surface area (Å²) in [5.74, 6) is 1.22. The first kappa shape index (κ1) is 9.13. The van der Waals surface area contributed by atoms with E-state index in [9.17, 15) is 0 Å². The fourth-order valence-corrected chi connectivity index (χ4v) is 2.82. The Balaban J connectivity index is 1.89. The molecule has 3 heteroatoms. The van der Waals surface area contributed by atoms with Crippen molar-refractivity contribution in [1.29, 1.82) is 0 Å². The largest absolute Gasteiger partial charge is 0.329 e. The van der Waals surface area contributed by atoms with Crippen LogP contribution in [0.2, 0.25) is 0 Å². The highest BCUT2D eigenvalue weighted by atomic mass is 32.2. The lowest BCUT2D eigenvalue weighted by Gasteiger charge is -2.37. The van der Waals surface area contributed by atoms with Crippen molar-refractivity contribution in [3.05, 3.63) is 12.4 Å². The minimum atomic E-state index is 0.594. The number of thioether (sulfide) groups is 1. The molecule has 0 bridgehead atoms. The Morgan fingerprint density at radius 1 is 1.62 bits per heavy atom. The lowest BCUT2D eigenvalue weighted by molar-refractivity contribution is 0.197. The first-order chi connectivity index (χ1) is 6.20. The zero-order valence-electron chi connectivity index (χ0n) is 8.29. The molecule has 2 rings (SSSR count). The van der Waals surface area contributed by atoms with Crippen LogP contribution in [0.15, 0.2) is 17.6 Å². The summed E-state index contributed by atoms with van der Waals surface area (Å²) in [4.78, 5) is 4.30. The molecule has 0 atom stereocenters. The molecule has 0 radical (unpaired) electrons. The Morgan fingerprint density at radius 3 is 2.85 bits per heavy atom. The van der Waals surface area contributed by atoms with Gasteiger partial charge in [0, 0.05) is 25.2 Å². The van der Waals surface area contributed by atoms with Crippen LogP contribution < -0.4 is 0 Å². The minimum Gasteiger partial charge on any atom is -0.329 e. The van der Waals surface area contributed by atoms with Crippen LogP contribution in [0.1, 0.15) is 26.2 Å². The maximum absolute atomic E-state index is 4.30. The summed E-state index contributed by atoms with van der Waals surface area (Å²) in [7, 11) is 2.05. The predicted octanol–water partition coefficient (Wildman–Crippen LogP) is 2.70. The summed E-state index contributed by atoms with van der Waals surface area (Å²) in [6.07, 6.45) is 8.07. The van der Waals surface area contributed by atoms with E-state index in [1.807, 2.05) is 24.2 Å². The maximum Gasteiger partial charge on any atom is 0.167 e. The van der Waals surface area contributed by atoms with Crippen molar-refractivity contribution >= 4 is 11.8 Å². The molecule has 0 amide bonds. The van der Waals surface area contributed by atoms with Crippen LogP contribution in [0.3, 0.4) is 0 Å². The Bertz CT molecular complexity index is 289. The molecule has 1 aromatic heterocycles. The highest BCUT2D eigenvalue weighted by Gasteiger charge is 2.31. The highest BCUT2D eigenvalue weighted by molar-refractivity contribution is 7.99. The summed E-state index contributed by atoms with van der Waals surface area (Å²) < 4.78 is 2.09. The average molecular weight is 196 g/mol. The molecule has 72 valence electrons. The Morgan fingerprint density at radius 2 is 2.38 bits per heavy atom. The number of aryl methyl sites for hydroxylation is 1. The number of hydrogen-bond acceptors (Lipinski definition) is 2. The summed E-state index contributed by atoms with van der Waals surface area (Å²) >= 11 is 1.89. The molecule has 1 aliphatic rings. The van der Waals surface area contributed by atoms with E-state index in [1.165, 1.54) is 25.0 Å². The summed E-state index contributed by atoms with van der Waals surface area (Å²) in [6.45, 7) is 2.38. The fraction of sp³-hybridized carbons (Fsp3) is 0.700.